The number of nitrogens with one attached hydrogen (secondary N) is 1. The second-order valence-electron chi connectivity index (χ2n) is 5.77. The first-order valence-corrected chi connectivity index (χ1v) is 9.97. The molecule has 1 aromatic carbocycles. The van der Waals surface area contributed by atoms with Crippen LogP contribution in [-0.2, 0) is 4.79 Å². The Labute approximate surface area is 118 Å². The molecule has 0 saturated heterocycles. The molecule has 0 spiro atoms. The molecule has 1 N–H and O–H groups in total. The van der Waals surface area contributed by atoms with E-state index in [1.807, 2.05) is 32.0 Å². The van der Waals surface area contributed by atoms with E-state index in [9.17, 15) is 4.79 Å². The number of anilines is 1. The first kappa shape index (κ1) is 16.2. The van der Waals surface area contributed by atoms with Gasteiger partial charge in [0.1, 0.15) is 5.66 Å². The highest BCUT2D eigenvalue weighted by Crippen LogP contribution is 2.57. The number of carbonyl (C=O) groups is 1. The van der Waals surface area contributed by atoms with Crippen molar-refractivity contribution in [2.75, 3.05) is 24.8 Å². The summed E-state index contributed by atoms with van der Waals surface area (Å²) in [6, 6.07) is 6.12. The molecule has 2 nitrogen and oxygen atoms in total. The zero-order chi connectivity index (χ0) is 14.6. The number of rotatable bonds is 5. The molecular weight excluding hydrogens is 253 g/mol. The third kappa shape index (κ3) is 3.79. The lowest BCUT2D eigenvalue weighted by Crippen LogP contribution is -2.30. The maximum atomic E-state index is 12.6. The van der Waals surface area contributed by atoms with Crippen LogP contribution in [0, 0.1) is 13.8 Å². The zero-order valence-electron chi connectivity index (χ0n) is 13.1. The summed E-state index contributed by atoms with van der Waals surface area (Å²) in [7, 11) is -1.17. The quantitative estimate of drug-likeness (QED) is 0.800. The fourth-order valence-electron chi connectivity index (χ4n) is 2.44. The molecule has 0 aliphatic heterocycles. The smallest absolute Gasteiger partial charge is 0.265 e. The van der Waals surface area contributed by atoms with Gasteiger partial charge in [-0.25, -0.2) is 0 Å². The summed E-state index contributed by atoms with van der Waals surface area (Å²) in [6.07, 6.45) is 2.04. The normalized spacial score (nSPS) is 13.2. The lowest BCUT2D eigenvalue weighted by Gasteiger charge is -2.26. The van der Waals surface area contributed by atoms with Crippen LogP contribution in [0.5, 0.6) is 0 Å². The average molecular weight is 280 g/mol. The Hall–Kier alpha value is -0.880. The Morgan fingerprint density at radius 1 is 1.21 bits per heavy atom. The van der Waals surface area contributed by atoms with E-state index in [0.29, 0.717) is 0 Å². The monoisotopic (exact) mass is 280 g/mol. The van der Waals surface area contributed by atoms with E-state index in [2.05, 4.69) is 32.5 Å². The predicted octanol–water partition coefficient (Wildman–Crippen LogP) is 4.32. The Morgan fingerprint density at radius 2 is 1.74 bits per heavy atom. The molecule has 1 unspecified atom stereocenters. The topological polar surface area (TPSA) is 29.1 Å². The number of hydrogen-bond donors (Lipinski definition) is 1. The predicted molar refractivity (Wildman–Crippen MR) is 87.9 cm³/mol. The standard InChI is InChI=1S/C16H26NOP/c1-7-14(19(5,6)8-2)16(18)17-15-12(3)10-9-11-13(15)4/h9-11,14H,7-8H2,1-6H3/p+1. The van der Waals surface area contributed by atoms with Crippen molar-refractivity contribution in [1.29, 1.82) is 0 Å². The molecule has 1 amide bonds. The lowest BCUT2D eigenvalue weighted by molar-refractivity contribution is -0.115. The van der Waals surface area contributed by atoms with E-state index in [-0.39, 0.29) is 11.6 Å². The largest absolute Gasteiger partial charge is 0.322 e. The summed E-state index contributed by atoms with van der Waals surface area (Å²) in [4.78, 5) is 12.6. The Morgan fingerprint density at radius 3 is 2.16 bits per heavy atom. The molecule has 1 atom stereocenters. The van der Waals surface area contributed by atoms with Crippen LogP contribution in [0.3, 0.4) is 0 Å². The van der Waals surface area contributed by atoms with Gasteiger partial charge in [-0.15, -0.1) is 0 Å². The van der Waals surface area contributed by atoms with Crippen LogP contribution in [0.15, 0.2) is 18.2 Å². The summed E-state index contributed by atoms with van der Waals surface area (Å²) in [5.41, 5.74) is 3.42. The average Bonchev–Trinajstić information content (AvgIpc) is 2.34. The highest BCUT2D eigenvalue weighted by molar-refractivity contribution is 7.76. The van der Waals surface area contributed by atoms with Crippen molar-refractivity contribution in [2.24, 2.45) is 0 Å². The molecule has 0 aliphatic rings. The van der Waals surface area contributed by atoms with Crippen LogP contribution in [0.1, 0.15) is 31.4 Å². The van der Waals surface area contributed by atoms with Gasteiger partial charge in [0.15, 0.2) is 0 Å². The molecule has 0 radical (unpaired) electrons. The third-order valence-corrected chi connectivity index (χ3v) is 7.99. The van der Waals surface area contributed by atoms with Crippen LogP contribution >= 0.6 is 7.26 Å². The van der Waals surface area contributed by atoms with Crippen molar-refractivity contribution in [1.82, 2.24) is 0 Å². The number of carbonyl (C=O) groups excluding carboxylic acids is 1. The molecule has 106 valence electrons. The second kappa shape index (κ2) is 6.52. The molecule has 0 fully saturated rings. The number of para-hydroxylation sites is 1. The molecule has 0 saturated carbocycles. The highest BCUT2D eigenvalue weighted by atomic mass is 31.2. The second-order valence-corrected chi connectivity index (χ2v) is 10.6. The molecule has 3 heteroatoms. The summed E-state index contributed by atoms with van der Waals surface area (Å²) >= 11 is 0. The number of amides is 1. The van der Waals surface area contributed by atoms with Gasteiger partial charge in [0.25, 0.3) is 5.91 Å². The Balaban J connectivity index is 2.96. The molecule has 1 aromatic rings. The van der Waals surface area contributed by atoms with E-state index in [1.54, 1.807) is 0 Å². The Bertz CT molecular complexity index is 434. The molecule has 1 rings (SSSR count). The molecule has 0 aliphatic carbocycles. The van der Waals surface area contributed by atoms with Crippen LogP contribution in [0.2, 0.25) is 0 Å². The van der Waals surface area contributed by atoms with Gasteiger partial charge in [0.05, 0.1) is 6.16 Å². The summed E-state index contributed by atoms with van der Waals surface area (Å²) in [5.74, 6) is 0.195. The summed E-state index contributed by atoms with van der Waals surface area (Å²) in [6.45, 7) is 13.0. The van der Waals surface area contributed by atoms with Crippen molar-refractivity contribution in [3.05, 3.63) is 29.3 Å². The first-order chi connectivity index (χ1) is 8.83. The van der Waals surface area contributed by atoms with E-state index in [1.165, 1.54) is 0 Å². The van der Waals surface area contributed by atoms with Gasteiger partial charge in [-0.1, -0.05) is 25.1 Å². The molecule has 0 bridgehead atoms. The fraction of sp³-hybridized carbons (Fsp3) is 0.562. The van der Waals surface area contributed by atoms with Gasteiger partial charge in [0.2, 0.25) is 0 Å². The molecular formula is C16H27NOP+. The Kier molecular flexibility index (Phi) is 5.55. The van der Waals surface area contributed by atoms with Gasteiger partial charge in [-0.05, 0) is 38.3 Å². The van der Waals surface area contributed by atoms with E-state index >= 15 is 0 Å². The number of aryl methyl sites for hydroxylation is 2. The number of hydrogen-bond acceptors (Lipinski definition) is 1. The van der Waals surface area contributed by atoms with Crippen molar-refractivity contribution in [3.8, 4) is 0 Å². The van der Waals surface area contributed by atoms with Gasteiger partial charge in [0, 0.05) is 26.3 Å². The third-order valence-electron chi connectivity index (χ3n) is 4.08. The molecule has 0 heterocycles. The van der Waals surface area contributed by atoms with Crippen LogP contribution in [0.25, 0.3) is 0 Å². The van der Waals surface area contributed by atoms with Crippen LogP contribution in [0.4, 0.5) is 5.69 Å². The number of benzene rings is 1. The van der Waals surface area contributed by atoms with Crippen molar-refractivity contribution >= 4 is 18.9 Å². The minimum Gasteiger partial charge on any atom is -0.322 e. The van der Waals surface area contributed by atoms with Crippen LogP contribution < -0.4 is 5.32 Å². The van der Waals surface area contributed by atoms with E-state index in [4.69, 9.17) is 0 Å². The summed E-state index contributed by atoms with van der Waals surface area (Å²) in [5, 5.41) is 3.16. The van der Waals surface area contributed by atoms with Gasteiger partial charge in [-0.2, -0.15) is 0 Å². The lowest BCUT2D eigenvalue weighted by atomic mass is 10.1. The summed E-state index contributed by atoms with van der Waals surface area (Å²) < 4.78 is 0. The molecule has 0 aromatic heterocycles. The fourth-order valence-corrected chi connectivity index (χ4v) is 4.56. The van der Waals surface area contributed by atoms with Crippen molar-refractivity contribution in [3.63, 3.8) is 0 Å². The maximum Gasteiger partial charge on any atom is 0.265 e. The SMILES string of the molecule is CCC(C(=O)Nc1c(C)cccc1C)[P+](C)(C)CC. The van der Waals surface area contributed by atoms with Crippen molar-refractivity contribution < 1.29 is 4.79 Å². The maximum absolute atomic E-state index is 12.6. The van der Waals surface area contributed by atoms with E-state index in [0.717, 1.165) is 29.4 Å². The van der Waals surface area contributed by atoms with E-state index < -0.39 is 7.26 Å². The molecule has 19 heavy (non-hydrogen) atoms. The van der Waals surface area contributed by atoms with Gasteiger partial charge in [-0.3, -0.25) is 4.79 Å². The zero-order valence-corrected chi connectivity index (χ0v) is 14.0. The van der Waals surface area contributed by atoms with Crippen molar-refractivity contribution in [2.45, 2.75) is 39.8 Å². The first-order valence-electron chi connectivity index (χ1n) is 7.03. The highest BCUT2D eigenvalue weighted by Gasteiger charge is 2.38. The van der Waals surface area contributed by atoms with Gasteiger partial charge >= 0.3 is 0 Å². The van der Waals surface area contributed by atoms with Crippen LogP contribution in [-0.4, -0.2) is 31.1 Å². The minimum atomic E-state index is -1.17. The van der Waals surface area contributed by atoms with Gasteiger partial charge < -0.3 is 5.32 Å². The minimum absolute atomic E-state index is 0.163.